The number of carbonyl (C=O) groups excluding carboxylic acids is 1. The van der Waals surface area contributed by atoms with Crippen LogP contribution in [0.3, 0.4) is 0 Å². The molecule has 0 bridgehead atoms. The standard InChI is InChI=1S/C21H28N4O/c1-16(2)18-7-9-19(10-8-18)23-21(26)17(3)24-12-14-25(15-13-24)20-6-4-5-11-22-20/h4-11,16-17H,12-15H2,1-3H3,(H,23,26). The summed E-state index contributed by atoms with van der Waals surface area (Å²) in [5, 5.41) is 3.04. The van der Waals surface area contributed by atoms with E-state index in [1.807, 2.05) is 43.5 Å². The molecule has 1 fully saturated rings. The maximum absolute atomic E-state index is 12.6. The first-order chi connectivity index (χ1) is 12.5. The van der Waals surface area contributed by atoms with E-state index >= 15 is 0 Å². The van der Waals surface area contributed by atoms with Gasteiger partial charge in [-0.2, -0.15) is 0 Å². The fraction of sp³-hybridized carbons (Fsp3) is 0.429. The predicted octanol–water partition coefficient (Wildman–Crippen LogP) is 3.35. The Morgan fingerprint density at radius 2 is 1.69 bits per heavy atom. The second-order valence-corrected chi connectivity index (χ2v) is 7.15. The van der Waals surface area contributed by atoms with Crippen molar-refractivity contribution < 1.29 is 4.79 Å². The minimum Gasteiger partial charge on any atom is -0.354 e. The molecule has 1 amide bonds. The van der Waals surface area contributed by atoms with E-state index in [0.717, 1.165) is 37.7 Å². The maximum Gasteiger partial charge on any atom is 0.241 e. The SMILES string of the molecule is CC(C)c1ccc(NC(=O)C(C)N2CCN(c3ccccn3)CC2)cc1. The third-order valence-electron chi connectivity index (χ3n) is 5.06. The van der Waals surface area contributed by atoms with Crippen LogP contribution in [0.5, 0.6) is 0 Å². The minimum absolute atomic E-state index is 0.0496. The van der Waals surface area contributed by atoms with Crippen LogP contribution >= 0.6 is 0 Å². The number of pyridine rings is 1. The fourth-order valence-corrected chi connectivity index (χ4v) is 3.24. The van der Waals surface area contributed by atoms with Crippen molar-refractivity contribution >= 4 is 17.4 Å². The highest BCUT2D eigenvalue weighted by Gasteiger charge is 2.26. The lowest BCUT2D eigenvalue weighted by Crippen LogP contribution is -2.53. The molecule has 1 unspecified atom stereocenters. The molecule has 3 rings (SSSR count). The molecular formula is C21H28N4O. The first kappa shape index (κ1) is 18.4. The largest absolute Gasteiger partial charge is 0.354 e. The van der Waals surface area contributed by atoms with E-state index in [-0.39, 0.29) is 11.9 Å². The monoisotopic (exact) mass is 352 g/mol. The molecule has 0 spiro atoms. The quantitative estimate of drug-likeness (QED) is 0.896. The van der Waals surface area contributed by atoms with Gasteiger partial charge in [0, 0.05) is 38.1 Å². The second-order valence-electron chi connectivity index (χ2n) is 7.15. The number of carbonyl (C=O) groups is 1. The molecule has 1 aliphatic heterocycles. The summed E-state index contributed by atoms with van der Waals surface area (Å²) in [7, 11) is 0. The van der Waals surface area contributed by atoms with Crippen molar-refractivity contribution in [1.82, 2.24) is 9.88 Å². The van der Waals surface area contributed by atoms with Gasteiger partial charge in [-0.1, -0.05) is 32.0 Å². The number of rotatable bonds is 5. The molecule has 5 heteroatoms. The lowest BCUT2D eigenvalue weighted by Gasteiger charge is -2.37. The van der Waals surface area contributed by atoms with Crippen molar-refractivity contribution in [3.05, 3.63) is 54.2 Å². The molecule has 1 saturated heterocycles. The average Bonchev–Trinajstić information content (AvgIpc) is 2.68. The number of benzene rings is 1. The van der Waals surface area contributed by atoms with Gasteiger partial charge in [0.1, 0.15) is 5.82 Å². The highest BCUT2D eigenvalue weighted by atomic mass is 16.2. The molecular weight excluding hydrogens is 324 g/mol. The van der Waals surface area contributed by atoms with E-state index in [0.29, 0.717) is 5.92 Å². The summed E-state index contributed by atoms with van der Waals surface area (Å²) >= 11 is 0. The molecule has 0 saturated carbocycles. The van der Waals surface area contributed by atoms with Gasteiger partial charge < -0.3 is 10.2 Å². The van der Waals surface area contributed by atoms with E-state index in [1.165, 1.54) is 5.56 Å². The van der Waals surface area contributed by atoms with Crippen molar-refractivity contribution in [2.24, 2.45) is 0 Å². The van der Waals surface area contributed by atoms with Crippen LogP contribution in [0.4, 0.5) is 11.5 Å². The van der Waals surface area contributed by atoms with Crippen LogP contribution in [0.1, 0.15) is 32.3 Å². The van der Waals surface area contributed by atoms with Crippen LogP contribution < -0.4 is 10.2 Å². The maximum atomic E-state index is 12.6. The zero-order valence-corrected chi connectivity index (χ0v) is 15.9. The summed E-state index contributed by atoms with van der Waals surface area (Å²) < 4.78 is 0. The summed E-state index contributed by atoms with van der Waals surface area (Å²) in [6.07, 6.45) is 1.82. The van der Waals surface area contributed by atoms with Crippen LogP contribution in [0, 0.1) is 0 Å². The van der Waals surface area contributed by atoms with Crippen LogP contribution in [0.2, 0.25) is 0 Å². The molecule has 0 radical (unpaired) electrons. The molecule has 138 valence electrons. The number of aromatic nitrogens is 1. The lowest BCUT2D eigenvalue weighted by atomic mass is 10.0. The summed E-state index contributed by atoms with van der Waals surface area (Å²) in [5.41, 5.74) is 2.14. The van der Waals surface area contributed by atoms with Gasteiger partial charge in [0.15, 0.2) is 0 Å². The molecule has 1 aromatic heterocycles. The van der Waals surface area contributed by atoms with E-state index < -0.39 is 0 Å². The van der Waals surface area contributed by atoms with Gasteiger partial charge in [-0.05, 0) is 42.7 Å². The highest BCUT2D eigenvalue weighted by Crippen LogP contribution is 2.18. The van der Waals surface area contributed by atoms with Crippen LogP contribution in [-0.4, -0.2) is 48.0 Å². The number of nitrogens with one attached hydrogen (secondary N) is 1. The van der Waals surface area contributed by atoms with Gasteiger partial charge in [0.25, 0.3) is 0 Å². The topological polar surface area (TPSA) is 48.5 Å². The van der Waals surface area contributed by atoms with E-state index in [4.69, 9.17) is 0 Å². The van der Waals surface area contributed by atoms with Gasteiger partial charge in [0.2, 0.25) is 5.91 Å². The summed E-state index contributed by atoms with van der Waals surface area (Å²) in [6.45, 7) is 9.80. The molecule has 0 aliphatic carbocycles. The molecule has 1 atom stereocenters. The lowest BCUT2D eigenvalue weighted by molar-refractivity contribution is -0.120. The fourth-order valence-electron chi connectivity index (χ4n) is 3.24. The van der Waals surface area contributed by atoms with E-state index in [1.54, 1.807) is 0 Å². The van der Waals surface area contributed by atoms with Gasteiger partial charge in [-0.15, -0.1) is 0 Å². The van der Waals surface area contributed by atoms with E-state index in [2.05, 4.69) is 46.1 Å². The summed E-state index contributed by atoms with van der Waals surface area (Å²) in [6, 6.07) is 14.0. The normalized spacial score (nSPS) is 16.5. The molecule has 2 aromatic rings. The Balaban J connectivity index is 1.53. The smallest absolute Gasteiger partial charge is 0.241 e. The van der Waals surface area contributed by atoms with Gasteiger partial charge in [-0.3, -0.25) is 9.69 Å². The molecule has 26 heavy (non-hydrogen) atoms. The zero-order valence-electron chi connectivity index (χ0n) is 15.9. The zero-order chi connectivity index (χ0) is 18.5. The highest BCUT2D eigenvalue weighted by molar-refractivity contribution is 5.94. The van der Waals surface area contributed by atoms with Gasteiger partial charge in [-0.25, -0.2) is 4.98 Å². The number of amides is 1. The number of hydrogen-bond acceptors (Lipinski definition) is 4. The third-order valence-corrected chi connectivity index (χ3v) is 5.06. The number of nitrogens with zero attached hydrogens (tertiary/aromatic N) is 3. The van der Waals surface area contributed by atoms with Gasteiger partial charge >= 0.3 is 0 Å². The number of piperazine rings is 1. The first-order valence-corrected chi connectivity index (χ1v) is 9.35. The van der Waals surface area contributed by atoms with Crippen LogP contribution in [0.25, 0.3) is 0 Å². The van der Waals surface area contributed by atoms with Crippen molar-refractivity contribution in [3.8, 4) is 0 Å². The van der Waals surface area contributed by atoms with Crippen LogP contribution in [-0.2, 0) is 4.79 Å². The predicted molar refractivity (Wildman–Crippen MR) is 107 cm³/mol. The van der Waals surface area contributed by atoms with E-state index in [9.17, 15) is 4.79 Å². The molecule has 5 nitrogen and oxygen atoms in total. The Morgan fingerprint density at radius 1 is 1.00 bits per heavy atom. The van der Waals surface area contributed by atoms with Crippen LogP contribution in [0.15, 0.2) is 48.7 Å². The van der Waals surface area contributed by atoms with Crippen molar-refractivity contribution in [3.63, 3.8) is 0 Å². The molecule has 1 N–H and O–H groups in total. The van der Waals surface area contributed by atoms with Crippen molar-refractivity contribution in [1.29, 1.82) is 0 Å². The van der Waals surface area contributed by atoms with Crippen molar-refractivity contribution in [2.75, 3.05) is 36.4 Å². The van der Waals surface area contributed by atoms with Gasteiger partial charge in [0.05, 0.1) is 6.04 Å². The number of anilines is 2. The average molecular weight is 352 g/mol. The van der Waals surface area contributed by atoms with Crippen molar-refractivity contribution in [2.45, 2.75) is 32.7 Å². The number of hydrogen-bond donors (Lipinski definition) is 1. The second kappa shape index (κ2) is 8.32. The molecule has 2 heterocycles. The Morgan fingerprint density at radius 3 is 2.27 bits per heavy atom. The Bertz CT molecular complexity index is 707. The molecule has 1 aliphatic rings. The minimum atomic E-state index is -0.148. The Labute approximate surface area is 156 Å². The summed E-state index contributed by atoms with van der Waals surface area (Å²) in [4.78, 5) is 21.5. The summed E-state index contributed by atoms with van der Waals surface area (Å²) in [5.74, 6) is 1.55. The Kier molecular flexibility index (Phi) is 5.89. The molecule has 1 aromatic carbocycles. The first-order valence-electron chi connectivity index (χ1n) is 9.35. The Hall–Kier alpha value is -2.40. The third kappa shape index (κ3) is 4.41.